The number of amides is 1. The first-order valence-corrected chi connectivity index (χ1v) is 7.47. The average molecular weight is 295 g/mol. The molecule has 1 aromatic rings. The van der Waals surface area contributed by atoms with E-state index in [9.17, 15) is 4.79 Å². The van der Waals surface area contributed by atoms with E-state index in [4.69, 9.17) is 14.0 Å². The minimum absolute atomic E-state index is 0.0609. The van der Waals surface area contributed by atoms with Crippen molar-refractivity contribution >= 4 is 5.91 Å². The maximum absolute atomic E-state index is 12.1. The van der Waals surface area contributed by atoms with Crippen molar-refractivity contribution in [3.8, 4) is 0 Å². The first-order valence-electron chi connectivity index (χ1n) is 7.47. The van der Waals surface area contributed by atoms with Crippen molar-refractivity contribution in [3.63, 3.8) is 0 Å². The molecule has 0 radical (unpaired) electrons. The molecule has 2 fully saturated rings. The largest absolute Gasteiger partial charge is 0.375 e. The van der Waals surface area contributed by atoms with Crippen LogP contribution in [0.5, 0.6) is 0 Å². The van der Waals surface area contributed by atoms with Crippen LogP contribution in [0.15, 0.2) is 4.52 Å². The summed E-state index contributed by atoms with van der Waals surface area (Å²) in [6, 6.07) is 0. The number of rotatable bonds is 6. The zero-order valence-corrected chi connectivity index (χ0v) is 12.3. The fraction of sp³-hybridized carbons (Fsp3) is 0.786. The van der Waals surface area contributed by atoms with Gasteiger partial charge in [0.05, 0.1) is 6.10 Å². The predicted molar refractivity (Wildman–Crippen MR) is 72.1 cm³/mol. The minimum Gasteiger partial charge on any atom is -0.375 e. The normalized spacial score (nSPS) is 22.5. The minimum atomic E-state index is 0.0609. The van der Waals surface area contributed by atoms with Crippen LogP contribution in [0.3, 0.4) is 0 Å². The summed E-state index contributed by atoms with van der Waals surface area (Å²) in [4.78, 5) is 18.2. The Kier molecular flexibility index (Phi) is 4.50. The number of aromatic nitrogens is 2. The molecule has 0 spiro atoms. The van der Waals surface area contributed by atoms with Crippen LogP contribution in [0.25, 0.3) is 0 Å². The van der Waals surface area contributed by atoms with Gasteiger partial charge in [0.25, 0.3) is 5.89 Å². The van der Waals surface area contributed by atoms with Crippen LogP contribution in [0, 0.1) is 5.92 Å². The van der Waals surface area contributed by atoms with Gasteiger partial charge in [-0.05, 0) is 25.7 Å². The number of hydrogen-bond donors (Lipinski definition) is 0. The molecule has 2 aliphatic rings. The van der Waals surface area contributed by atoms with E-state index in [1.165, 1.54) is 0 Å². The summed E-state index contributed by atoms with van der Waals surface area (Å²) in [5.41, 5.74) is 0. The van der Waals surface area contributed by atoms with Crippen molar-refractivity contribution in [2.75, 3.05) is 20.2 Å². The Balaban J connectivity index is 1.46. The third kappa shape index (κ3) is 3.79. The van der Waals surface area contributed by atoms with Gasteiger partial charge in [0.2, 0.25) is 5.91 Å². The van der Waals surface area contributed by atoms with Crippen LogP contribution in [0.4, 0.5) is 0 Å². The first-order chi connectivity index (χ1) is 10.3. The summed E-state index contributed by atoms with van der Waals surface area (Å²) in [6.45, 7) is 2.15. The molecule has 7 nitrogen and oxygen atoms in total. The molecular formula is C14H21N3O4. The molecule has 1 unspecified atom stereocenters. The summed E-state index contributed by atoms with van der Waals surface area (Å²) >= 11 is 0. The van der Waals surface area contributed by atoms with Crippen molar-refractivity contribution in [1.82, 2.24) is 15.0 Å². The number of ether oxygens (including phenoxy) is 2. The summed E-state index contributed by atoms with van der Waals surface area (Å²) in [7, 11) is 1.58. The van der Waals surface area contributed by atoms with Crippen molar-refractivity contribution < 1.29 is 18.8 Å². The number of carbonyl (C=O) groups is 1. The number of hydrogen-bond acceptors (Lipinski definition) is 6. The number of piperidine rings is 1. The van der Waals surface area contributed by atoms with E-state index in [0.29, 0.717) is 37.4 Å². The standard InChI is InChI=1S/C14H21N3O4/c1-19-9-13-15-12(16-21-13)8-20-11-3-2-6-17(7-11)14(18)10-4-5-10/h10-11H,2-9H2,1H3. The Hall–Kier alpha value is -1.47. The lowest BCUT2D eigenvalue weighted by atomic mass is 10.1. The molecular weight excluding hydrogens is 274 g/mol. The SMILES string of the molecule is COCc1nc(COC2CCCN(C(=O)C3CC3)C2)no1. The van der Waals surface area contributed by atoms with Crippen LogP contribution < -0.4 is 0 Å². The van der Waals surface area contributed by atoms with Gasteiger partial charge in [-0.1, -0.05) is 5.16 Å². The van der Waals surface area contributed by atoms with E-state index in [1.807, 2.05) is 4.90 Å². The van der Waals surface area contributed by atoms with Crippen LogP contribution in [-0.2, 0) is 27.5 Å². The lowest BCUT2D eigenvalue weighted by Gasteiger charge is -2.32. The summed E-state index contributed by atoms with van der Waals surface area (Å²) in [5.74, 6) is 1.54. The van der Waals surface area contributed by atoms with Crippen LogP contribution in [-0.4, -0.2) is 47.3 Å². The van der Waals surface area contributed by atoms with Gasteiger partial charge in [0.15, 0.2) is 5.82 Å². The van der Waals surface area contributed by atoms with E-state index >= 15 is 0 Å². The molecule has 7 heteroatoms. The molecule has 1 saturated heterocycles. The van der Waals surface area contributed by atoms with Gasteiger partial charge >= 0.3 is 0 Å². The maximum Gasteiger partial charge on any atom is 0.252 e. The molecule has 3 rings (SSSR count). The Morgan fingerprint density at radius 1 is 1.38 bits per heavy atom. The fourth-order valence-electron chi connectivity index (χ4n) is 2.59. The second kappa shape index (κ2) is 6.53. The van der Waals surface area contributed by atoms with Gasteiger partial charge in [-0.15, -0.1) is 0 Å². The Morgan fingerprint density at radius 2 is 2.24 bits per heavy atom. The molecule has 1 aliphatic heterocycles. The Labute approximate surface area is 123 Å². The second-order valence-electron chi connectivity index (χ2n) is 5.67. The zero-order valence-electron chi connectivity index (χ0n) is 12.3. The van der Waals surface area contributed by atoms with E-state index in [0.717, 1.165) is 32.2 Å². The summed E-state index contributed by atoms with van der Waals surface area (Å²) < 4.78 is 15.8. The molecule has 21 heavy (non-hydrogen) atoms. The van der Waals surface area contributed by atoms with Crippen molar-refractivity contribution in [3.05, 3.63) is 11.7 Å². The van der Waals surface area contributed by atoms with Gasteiger partial charge in [0, 0.05) is 26.1 Å². The molecule has 1 atom stereocenters. The lowest BCUT2D eigenvalue weighted by Crippen LogP contribution is -2.43. The Bertz CT molecular complexity index is 486. The number of methoxy groups -OCH3 is 1. The second-order valence-corrected chi connectivity index (χ2v) is 5.67. The van der Waals surface area contributed by atoms with Crippen LogP contribution >= 0.6 is 0 Å². The van der Waals surface area contributed by atoms with Crippen molar-refractivity contribution in [2.45, 2.75) is 45.0 Å². The van der Waals surface area contributed by atoms with Gasteiger partial charge in [-0.25, -0.2) is 0 Å². The van der Waals surface area contributed by atoms with Gasteiger partial charge in [-0.3, -0.25) is 4.79 Å². The number of nitrogens with zero attached hydrogens (tertiary/aromatic N) is 3. The molecule has 1 saturated carbocycles. The average Bonchev–Trinajstić information content (AvgIpc) is 3.26. The quantitative estimate of drug-likeness (QED) is 0.783. The molecule has 0 bridgehead atoms. The molecule has 0 N–H and O–H groups in total. The Morgan fingerprint density at radius 3 is 3.00 bits per heavy atom. The van der Waals surface area contributed by atoms with Crippen LogP contribution in [0.2, 0.25) is 0 Å². The topological polar surface area (TPSA) is 77.7 Å². The van der Waals surface area contributed by atoms with Crippen LogP contribution in [0.1, 0.15) is 37.4 Å². The smallest absolute Gasteiger partial charge is 0.252 e. The molecule has 1 aromatic heterocycles. The van der Waals surface area contributed by atoms with Gasteiger partial charge < -0.3 is 18.9 Å². The number of likely N-dealkylation sites (tertiary alicyclic amines) is 1. The molecule has 1 aliphatic carbocycles. The molecule has 2 heterocycles. The lowest BCUT2D eigenvalue weighted by molar-refractivity contribution is -0.137. The predicted octanol–water partition coefficient (Wildman–Crippen LogP) is 1.13. The summed E-state index contributed by atoms with van der Waals surface area (Å²) in [6.07, 6.45) is 4.12. The van der Waals surface area contributed by atoms with Crippen molar-refractivity contribution in [1.29, 1.82) is 0 Å². The highest BCUT2D eigenvalue weighted by Crippen LogP contribution is 2.32. The maximum atomic E-state index is 12.1. The molecule has 0 aromatic carbocycles. The van der Waals surface area contributed by atoms with Gasteiger partial charge in [0.1, 0.15) is 13.2 Å². The van der Waals surface area contributed by atoms with E-state index in [-0.39, 0.29) is 12.0 Å². The fourth-order valence-corrected chi connectivity index (χ4v) is 2.59. The highest BCUT2D eigenvalue weighted by molar-refractivity contribution is 5.81. The van der Waals surface area contributed by atoms with Gasteiger partial charge in [-0.2, -0.15) is 4.98 Å². The zero-order chi connectivity index (χ0) is 14.7. The molecule has 1 amide bonds. The summed E-state index contributed by atoms with van der Waals surface area (Å²) in [5, 5.41) is 3.84. The van der Waals surface area contributed by atoms with Crippen molar-refractivity contribution in [2.24, 2.45) is 5.92 Å². The molecule has 116 valence electrons. The monoisotopic (exact) mass is 295 g/mol. The van der Waals surface area contributed by atoms with E-state index in [1.54, 1.807) is 7.11 Å². The van der Waals surface area contributed by atoms with E-state index in [2.05, 4.69) is 10.1 Å². The highest BCUT2D eigenvalue weighted by Gasteiger charge is 2.35. The first kappa shape index (κ1) is 14.5. The number of carbonyl (C=O) groups excluding carboxylic acids is 1. The highest BCUT2D eigenvalue weighted by atomic mass is 16.5. The van der Waals surface area contributed by atoms with E-state index < -0.39 is 0 Å². The third-order valence-electron chi connectivity index (χ3n) is 3.84. The third-order valence-corrected chi connectivity index (χ3v) is 3.84.